The first kappa shape index (κ1) is 16.6. The Morgan fingerprint density at radius 1 is 1.00 bits per heavy atom. The van der Waals surface area contributed by atoms with Gasteiger partial charge in [-0.2, -0.15) is 18.4 Å². The maximum atomic E-state index is 12.5. The zero-order chi connectivity index (χ0) is 17.3. The average molecular weight is 332 g/mol. The van der Waals surface area contributed by atoms with Crippen LogP contribution in [-0.4, -0.2) is 11.3 Å². The van der Waals surface area contributed by atoms with Gasteiger partial charge in [0.15, 0.2) is 0 Å². The lowest BCUT2D eigenvalue weighted by Crippen LogP contribution is -2.17. The van der Waals surface area contributed by atoms with Gasteiger partial charge in [-0.3, -0.25) is 4.98 Å². The van der Waals surface area contributed by atoms with E-state index in [9.17, 15) is 26.3 Å². The lowest BCUT2D eigenvalue weighted by molar-refractivity contribution is -0.274. The molecule has 23 heavy (non-hydrogen) atoms. The molecule has 0 aliphatic rings. The number of ether oxygens (including phenoxy) is 1. The van der Waals surface area contributed by atoms with Crippen molar-refractivity contribution in [3.05, 3.63) is 47.8 Å². The van der Waals surface area contributed by atoms with Gasteiger partial charge in [0, 0.05) is 17.3 Å². The standard InChI is InChI=1S/C14H6F6N2O/c15-13(16,17)12-4-2-9(7-22-12)11-5-10(23-14(18,19)20)3-1-8(11)6-21/h1-5,7H. The molecule has 2 rings (SSSR count). The lowest BCUT2D eigenvalue weighted by Gasteiger charge is -2.12. The normalized spacial score (nSPS) is 11.9. The fraction of sp³-hybridized carbons (Fsp3) is 0.143. The fourth-order valence-corrected chi connectivity index (χ4v) is 1.78. The molecule has 0 amide bonds. The molecule has 0 bridgehead atoms. The highest BCUT2D eigenvalue weighted by Gasteiger charge is 2.33. The van der Waals surface area contributed by atoms with Gasteiger partial charge in [0.05, 0.1) is 11.6 Å². The summed E-state index contributed by atoms with van der Waals surface area (Å²) in [6, 6.07) is 6.36. The van der Waals surface area contributed by atoms with E-state index in [1.165, 1.54) is 0 Å². The predicted octanol–water partition coefficient (Wildman–Crippen LogP) is 4.54. The molecular weight excluding hydrogens is 326 g/mol. The van der Waals surface area contributed by atoms with Crippen LogP contribution < -0.4 is 4.74 Å². The van der Waals surface area contributed by atoms with Gasteiger partial charge >= 0.3 is 12.5 Å². The van der Waals surface area contributed by atoms with Gasteiger partial charge in [-0.25, -0.2) is 0 Å². The number of hydrogen-bond acceptors (Lipinski definition) is 3. The van der Waals surface area contributed by atoms with Gasteiger partial charge in [-0.15, -0.1) is 13.2 Å². The van der Waals surface area contributed by atoms with Crippen molar-refractivity contribution in [1.29, 1.82) is 5.26 Å². The third-order valence-corrected chi connectivity index (χ3v) is 2.71. The van der Waals surface area contributed by atoms with E-state index in [0.29, 0.717) is 6.07 Å². The quantitative estimate of drug-likeness (QED) is 0.759. The SMILES string of the molecule is N#Cc1ccc(OC(F)(F)F)cc1-c1ccc(C(F)(F)F)nc1. The molecule has 0 unspecified atom stereocenters. The molecule has 0 fully saturated rings. The number of nitrogens with zero attached hydrogens (tertiary/aromatic N) is 2. The van der Waals surface area contributed by atoms with Crippen molar-refractivity contribution in [3.63, 3.8) is 0 Å². The number of rotatable bonds is 2. The van der Waals surface area contributed by atoms with Gasteiger partial charge < -0.3 is 4.74 Å². The number of halogens is 6. The molecule has 0 atom stereocenters. The van der Waals surface area contributed by atoms with Crippen molar-refractivity contribution in [1.82, 2.24) is 4.98 Å². The first-order valence-corrected chi connectivity index (χ1v) is 5.93. The lowest BCUT2D eigenvalue weighted by atomic mass is 10.0. The second kappa shape index (κ2) is 5.79. The zero-order valence-corrected chi connectivity index (χ0v) is 11.0. The second-order valence-electron chi connectivity index (χ2n) is 4.30. The summed E-state index contributed by atoms with van der Waals surface area (Å²) in [6.45, 7) is 0. The van der Waals surface area contributed by atoms with Gasteiger partial charge in [-0.05, 0) is 24.3 Å². The van der Waals surface area contributed by atoms with Crippen molar-refractivity contribution in [3.8, 4) is 22.9 Å². The Labute approximate surface area is 125 Å². The Balaban J connectivity index is 2.45. The van der Waals surface area contributed by atoms with E-state index in [2.05, 4.69) is 9.72 Å². The Kier molecular flexibility index (Phi) is 4.18. The highest BCUT2D eigenvalue weighted by atomic mass is 19.4. The molecule has 0 saturated carbocycles. The van der Waals surface area contributed by atoms with Crippen molar-refractivity contribution in [2.45, 2.75) is 12.5 Å². The van der Waals surface area contributed by atoms with Crippen LogP contribution in [0.1, 0.15) is 11.3 Å². The second-order valence-corrected chi connectivity index (χ2v) is 4.30. The Hall–Kier alpha value is -2.76. The fourth-order valence-electron chi connectivity index (χ4n) is 1.78. The molecule has 0 spiro atoms. The van der Waals surface area contributed by atoms with Crippen LogP contribution in [0.15, 0.2) is 36.5 Å². The summed E-state index contributed by atoms with van der Waals surface area (Å²) in [7, 11) is 0. The molecule has 0 saturated heterocycles. The van der Waals surface area contributed by atoms with Crippen molar-refractivity contribution < 1.29 is 31.1 Å². The van der Waals surface area contributed by atoms with Crippen LogP contribution in [0.5, 0.6) is 5.75 Å². The molecule has 0 N–H and O–H groups in total. The van der Waals surface area contributed by atoms with Gasteiger partial charge in [0.25, 0.3) is 0 Å². The summed E-state index contributed by atoms with van der Waals surface area (Å²) in [5, 5.41) is 8.97. The summed E-state index contributed by atoms with van der Waals surface area (Å²) < 4.78 is 77.8. The van der Waals surface area contributed by atoms with E-state index >= 15 is 0 Å². The number of hydrogen-bond donors (Lipinski definition) is 0. The third-order valence-electron chi connectivity index (χ3n) is 2.71. The van der Waals surface area contributed by atoms with Crippen LogP contribution in [0.2, 0.25) is 0 Å². The monoisotopic (exact) mass is 332 g/mol. The number of aromatic nitrogens is 1. The summed E-state index contributed by atoms with van der Waals surface area (Å²) >= 11 is 0. The largest absolute Gasteiger partial charge is 0.573 e. The van der Waals surface area contributed by atoms with Crippen molar-refractivity contribution in [2.75, 3.05) is 0 Å². The highest BCUT2D eigenvalue weighted by molar-refractivity contribution is 5.71. The minimum absolute atomic E-state index is 0.0181. The molecule has 9 heteroatoms. The maximum absolute atomic E-state index is 12.5. The minimum Gasteiger partial charge on any atom is -0.406 e. The maximum Gasteiger partial charge on any atom is 0.573 e. The van der Waals surface area contributed by atoms with Crippen LogP contribution in [0.3, 0.4) is 0 Å². The highest BCUT2D eigenvalue weighted by Crippen LogP contribution is 2.32. The zero-order valence-electron chi connectivity index (χ0n) is 11.0. The van der Waals surface area contributed by atoms with Crippen LogP contribution in [0.4, 0.5) is 26.3 Å². The van der Waals surface area contributed by atoms with E-state index < -0.39 is 24.0 Å². The molecule has 0 aliphatic carbocycles. The molecule has 0 radical (unpaired) electrons. The molecule has 3 nitrogen and oxygen atoms in total. The topological polar surface area (TPSA) is 45.9 Å². The number of pyridine rings is 1. The summed E-state index contributed by atoms with van der Waals surface area (Å²) in [5.74, 6) is -0.591. The Morgan fingerprint density at radius 3 is 2.17 bits per heavy atom. The molecule has 1 aromatic heterocycles. The Bertz CT molecular complexity index is 744. The Morgan fingerprint density at radius 2 is 1.70 bits per heavy atom. The first-order valence-electron chi connectivity index (χ1n) is 5.93. The van der Waals surface area contributed by atoms with E-state index in [0.717, 1.165) is 30.5 Å². The first-order chi connectivity index (χ1) is 10.6. The minimum atomic E-state index is -4.93. The van der Waals surface area contributed by atoms with Gasteiger partial charge in [-0.1, -0.05) is 6.07 Å². The van der Waals surface area contributed by atoms with Crippen LogP contribution in [0.25, 0.3) is 11.1 Å². The van der Waals surface area contributed by atoms with Gasteiger partial charge in [0.2, 0.25) is 0 Å². The van der Waals surface area contributed by atoms with Crippen LogP contribution >= 0.6 is 0 Å². The molecule has 1 aromatic carbocycles. The van der Waals surface area contributed by atoms with E-state index in [1.54, 1.807) is 6.07 Å². The van der Waals surface area contributed by atoms with E-state index in [4.69, 9.17) is 5.26 Å². The van der Waals surface area contributed by atoms with E-state index in [1.807, 2.05) is 0 Å². The van der Waals surface area contributed by atoms with Crippen LogP contribution in [0, 0.1) is 11.3 Å². The van der Waals surface area contributed by atoms with Crippen LogP contribution in [-0.2, 0) is 6.18 Å². The number of benzene rings is 1. The molecule has 0 aliphatic heterocycles. The third kappa shape index (κ3) is 4.12. The summed E-state index contributed by atoms with van der Waals surface area (Å²) in [4.78, 5) is 3.21. The number of nitriles is 1. The van der Waals surface area contributed by atoms with E-state index in [-0.39, 0.29) is 16.7 Å². The predicted molar refractivity (Wildman–Crippen MR) is 66.1 cm³/mol. The molecular formula is C14H6F6N2O. The summed E-state index contributed by atoms with van der Waals surface area (Å²) in [5.41, 5.74) is -1.14. The average Bonchev–Trinajstić information content (AvgIpc) is 2.45. The molecule has 120 valence electrons. The van der Waals surface area contributed by atoms with Crippen molar-refractivity contribution >= 4 is 0 Å². The molecule has 1 heterocycles. The number of alkyl halides is 6. The van der Waals surface area contributed by atoms with Crippen molar-refractivity contribution in [2.24, 2.45) is 0 Å². The smallest absolute Gasteiger partial charge is 0.406 e. The molecule has 2 aromatic rings. The van der Waals surface area contributed by atoms with Gasteiger partial charge in [0.1, 0.15) is 11.4 Å². The summed E-state index contributed by atoms with van der Waals surface area (Å²) in [6.07, 6.45) is -8.74.